The molecule has 0 aliphatic carbocycles. The summed E-state index contributed by atoms with van der Waals surface area (Å²) >= 11 is 1.48. The largest absolute Gasteiger partial charge is 0.421 e. The number of amides is 1. The molecule has 1 aromatic carbocycles. The molecule has 1 amide bonds. The first-order chi connectivity index (χ1) is 13.5. The van der Waals surface area contributed by atoms with Crippen molar-refractivity contribution in [3.63, 3.8) is 0 Å². The van der Waals surface area contributed by atoms with Gasteiger partial charge < -0.3 is 9.73 Å². The number of aromatic nitrogens is 2. The summed E-state index contributed by atoms with van der Waals surface area (Å²) in [6, 6.07) is 14.4. The van der Waals surface area contributed by atoms with E-state index in [4.69, 9.17) is 4.42 Å². The van der Waals surface area contributed by atoms with E-state index in [0.29, 0.717) is 16.7 Å². The second-order valence-corrected chi connectivity index (χ2v) is 7.08. The van der Waals surface area contributed by atoms with Crippen LogP contribution in [0.4, 0.5) is 5.69 Å². The number of benzene rings is 1. The third kappa shape index (κ3) is 3.37. The van der Waals surface area contributed by atoms with Gasteiger partial charge in [-0.3, -0.25) is 9.59 Å². The summed E-state index contributed by atoms with van der Waals surface area (Å²) < 4.78 is 6.32. The maximum absolute atomic E-state index is 12.7. The number of hydrogen-bond acceptors (Lipinski definition) is 6. The van der Waals surface area contributed by atoms with Gasteiger partial charge in [-0.2, -0.15) is 5.10 Å². The number of rotatable bonds is 4. The number of para-hydroxylation sites is 1. The molecule has 0 aliphatic rings. The Kier molecular flexibility index (Phi) is 4.62. The van der Waals surface area contributed by atoms with E-state index in [1.165, 1.54) is 17.4 Å². The minimum atomic E-state index is -0.918. The molecule has 1 atom stereocenters. The molecule has 3 aromatic heterocycles. The summed E-state index contributed by atoms with van der Waals surface area (Å²) in [4.78, 5) is 37.9. The summed E-state index contributed by atoms with van der Waals surface area (Å²) in [5.41, 5.74) is -0.0297. The van der Waals surface area contributed by atoms with E-state index in [0.717, 1.165) is 9.56 Å². The van der Waals surface area contributed by atoms with Crippen LogP contribution in [0.25, 0.3) is 21.5 Å². The molecule has 0 radical (unpaired) electrons. The van der Waals surface area contributed by atoms with Crippen LogP contribution >= 0.6 is 11.3 Å². The minimum absolute atomic E-state index is 0.0120. The van der Waals surface area contributed by atoms with Gasteiger partial charge in [0.1, 0.15) is 23.0 Å². The molecule has 8 heteroatoms. The molecule has 0 fully saturated rings. The lowest BCUT2D eigenvalue weighted by Gasteiger charge is -2.14. The van der Waals surface area contributed by atoms with Gasteiger partial charge in [-0.1, -0.05) is 24.3 Å². The Labute approximate surface area is 162 Å². The lowest BCUT2D eigenvalue weighted by molar-refractivity contribution is -0.119. The van der Waals surface area contributed by atoms with Crippen LogP contribution in [0.2, 0.25) is 0 Å². The minimum Gasteiger partial charge on any atom is -0.421 e. The second-order valence-electron chi connectivity index (χ2n) is 6.13. The van der Waals surface area contributed by atoms with Gasteiger partial charge in [0.15, 0.2) is 0 Å². The van der Waals surface area contributed by atoms with Crippen molar-refractivity contribution in [3.05, 3.63) is 80.8 Å². The molecule has 140 valence electrons. The van der Waals surface area contributed by atoms with Crippen LogP contribution in [0.3, 0.4) is 0 Å². The first-order valence-corrected chi connectivity index (χ1v) is 9.38. The van der Waals surface area contributed by atoms with Gasteiger partial charge in [0.25, 0.3) is 5.56 Å². The second kappa shape index (κ2) is 7.24. The smallest absolute Gasteiger partial charge is 0.360 e. The van der Waals surface area contributed by atoms with Crippen molar-refractivity contribution < 1.29 is 9.21 Å². The van der Waals surface area contributed by atoms with Crippen molar-refractivity contribution in [1.82, 2.24) is 9.78 Å². The lowest BCUT2D eigenvalue weighted by atomic mass is 10.2. The van der Waals surface area contributed by atoms with Gasteiger partial charge in [-0.15, -0.1) is 11.3 Å². The van der Waals surface area contributed by atoms with Gasteiger partial charge in [-0.25, -0.2) is 9.48 Å². The molecule has 0 saturated heterocycles. The number of fused-ring (bicyclic) bond motifs is 1. The molecule has 0 spiro atoms. The third-order valence-corrected chi connectivity index (χ3v) is 5.14. The first kappa shape index (κ1) is 17.9. The number of nitrogens with zero attached hydrogens (tertiary/aromatic N) is 2. The molecular weight excluding hydrogens is 378 g/mol. The summed E-state index contributed by atoms with van der Waals surface area (Å²) in [5, 5.41) is 9.43. The SMILES string of the molecule is CC(C(=O)Nc1cc2ccccc2oc1=O)n1nc(-c2cccs2)ccc1=O. The highest BCUT2D eigenvalue weighted by Crippen LogP contribution is 2.22. The molecule has 1 N–H and O–H groups in total. The fourth-order valence-electron chi connectivity index (χ4n) is 2.76. The highest BCUT2D eigenvalue weighted by atomic mass is 32.1. The van der Waals surface area contributed by atoms with Gasteiger partial charge >= 0.3 is 5.63 Å². The summed E-state index contributed by atoms with van der Waals surface area (Å²) in [6.07, 6.45) is 0. The summed E-state index contributed by atoms with van der Waals surface area (Å²) in [7, 11) is 0. The molecular formula is C20H15N3O4S. The first-order valence-electron chi connectivity index (χ1n) is 8.50. The zero-order valence-electron chi connectivity index (χ0n) is 14.8. The molecule has 0 saturated carbocycles. The Hall–Kier alpha value is -3.52. The zero-order valence-corrected chi connectivity index (χ0v) is 15.6. The van der Waals surface area contributed by atoms with Gasteiger partial charge in [0.2, 0.25) is 5.91 Å². The van der Waals surface area contributed by atoms with E-state index in [2.05, 4.69) is 10.4 Å². The van der Waals surface area contributed by atoms with E-state index in [9.17, 15) is 14.4 Å². The molecule has 0 aliphatic heterocycles. The fraction of sp³-hybridized carbons (Fsp3) is 0.100. The number of thiophene rings is 1. The van der Waals surface area contributed by atoms with Crippen LogP contribution in [0, 0.1) is 0 Å². The molecule has 4 rings (SSSR count). The van der Waals surface area contributed by atoms with Crippen molar-refractivity contribution in [3.8, 4) is 10.6 Å². The zero-order chi connectivity index (χ0) is 19.7. The number of nitrogens with one attached hydrogen (secondary N) is 1. The molecule has 1 unspecified atom stereocenters. The van der Waals surface area contributed by atoms with Crippen molar-refractivity contribution in [2.45, 2.75) is 13.0 Å². The van der Waals surface area contributed by atoms with Crippen LogP contribution in [0.5, 0.6) is 0 Å². The Morgan fingerprint density at radius 1 is 1.14 bits per heavy atom. The third-order valence-electron chi connectivity index (χ3n) is 4.24. The van der Waals surface area contributed by atoms with E-state index in [1.54, 1.807) is 43.3 Å². The molecule has 4 aromatic rings. The average Bonchev–Trinajstić information content (AvgIpc) is 3.23. The molecule has 0 bridgehead atoms. The van der Waals surface area contributed by atoms with Crippen molar-refractivity contribution >= 4 is 33.9 Å². The standard InChI is InChI=1S/C20H15N3O4S/c1-12(23-18(24)9-8-14(22-23)17-7-4-10-28-17)19(25)21-15-11-13-5-2-3-6-16(13)27-20(15)26/h2-12H,1H3,(H,21,25). The maximum atomic E-state index is 12.7. The lowest BCUT2D eigenvalue weighted by Crippen LogP contribution is -2.34. The normalized spacial score (nSPS) is 12.0. The summed E-state index contributed by atoms with van der Waals surface area (Å²) in [5.74, 6) is -0.541. The highest BCUT2D eigenvalue weighted by molar-refractivity contribution is 7.13. The number of carbonyl (C=O) groups is 1. The fourth-order valence-corrected chi connectivity index (χ4v) is 3.45. The van der Waals surface area contributed by atoms with Crippen LogP contribution in [-0.2, 0) is 4.79 Å². The Balaban J connectivity index is 1.64. The van der Waals surface area contributed by atoms with Crippen LogP contribution < -0.4 is 16.5 Å². The van der Waals surface area contributed by atoms with Gasteiger partial charge in [0.05, 0.1) is 4.88 Å². The van der Waals surface area contributed by atoms with Crippen LogP contribution in [0.15, 0.2) is 74.0 Å². The van der Waals surface area contributed by atoms with Crippen LogP contribution in [0.1, 0.15) is 13.0 Å². The van der Waals surface area contributed by atoms with Gasteiger partial charge in [-0.05, 0) is 36.6 Å². The molecule has 7 nitrogen and oxygen atoms in total. The number of carbonyl (C=O) groups excluding carboxylic acids is 1. The quantitative estimate of drug-likeness (QED) is 0.537. The van der Waals surface area contributed by atoms with Crippen molar-refractivity contribution in [2.24, 2.45) is 0 Å². The molecule has 3 heterocycles. The van der Waals surface area contributed by atoms with Crippen molar-refractivity contribution in [1.29, 1.82) is 0 Å². The highest BCUT2D eigenvalue weighted by Gasteiger charge is 2.20. The Morgan fingerprint density at radius 3 is 2.75 bits per heavy atom. The van der Waals surface area contributed by atoms with E-state index in [1.807, 2.05) is 17.5 Å². The number of hydrogen-bond donors (Lipinski definition) is 1. The van der Waals surface area contributed by atoms with E-state index in [-0.39, 0.29) is 5.69 Å². The molecule has 28 heavy (non-hydrogen) atoms. The van der Waals surface area contributed by atoms with E-state index < -0.39 is 23.1 Å². The Morgan fingerprint density at radius 2 is 1.96 bits per heavy atom. The monoisotopic (exact) mass is 393 g/mol. The predicted molar refractivity (Wildman–Crippen MR) is 108 cm³/mol. The predicted octanol–water partition coefficient (Wildman–Crippen LogP) is 3.28. The summed E-state index contributed by atoms with van der Waals surface area (Å²) in [6.45, 7) is 1.55. The van der Waals surface area contributed by atoms with E-state index >= 15 is 0 Å². The number of anilines is 1. The van der Waals surface area contributed by atoms with Crippen molar-refractivity contribution in [2.75, 3.05) is 5.32 Å². The maximum Gasteiger partial charge on any atom is 0.360 e. The Bertz CT molecular complexity index is 1270. The topological polar surface area (TPSA) is 94.2 Å². The average molecular weight is 393 g/mol. The van der Waals surface area contributed by atoms with Gasteiger partial charge in [0, 0.05) is 11.5 Å². The van der Waals surface area contributed by atoms with Crippen LogP contribution in [-0.4, -0.2) is 15.7 Å².